The van der Waals surface area contributed by atoms with E-state index < -0.39 is 29.7 Å². The average Bonchev–Trinajstić information content (AvgIpc) is 2.72. The highest BCUT2D eigenvalue weighted by atomic mass is 16.6. The molecule has 8 heteroatoms. The van der Waals surface area contributed by atoms with Crippen LogP contribution in [-0.4, -0.2) is 64.8 Å². The van der Waals surface area contributed by atoms with Gasteiger partial charge in [-0.15, -0.1) is 0 Å². The van der Waals surface area contributed by atoms with Crippen LogP contribution in [0.15, 0.2) is 0 Å². The Morgan fingerprint density at radius 2 is 1.71 bits per heavy atom. The third kappa shape index (κ3) is 8.31. The number of alkyl carbamates (subject to hydrolysis) is 1. The minimum Gasteiger partial charge on any atom is -0.444 e. The van der Waals surface area contributed by atoms with E-state index in [1.165, 1.54) is 19.3 Å². The summed E-state index contributed by atoms with van der Waals surface area (Å²) in [5, 5.41) is 16.3. The van der Waals surface area contributed by atoms with Crippen LogP contribution in [0.5, 0.6) is 0 Å². The zero-order valence-corrected chi connectivity index (χ0v) is 19.6. The summed E-state index contributed by atoms with van der Waals surface area (Å²) in [6, 6.07) is -0.673. The molecule has 3 amide bonds. The Kier molecular flexibility index (Phi) is 9.59. The van der Waals surface area contributed by atoms with Crippen molar-refractivity contribution in [3.63, 3.8) is 0 Å². The molecule has 3 N–H and O–H groups in total. The molecule has 0 spiro atoms. The molecule has 178 valence electrons. The third-order valence-corrected chi connectivity index (χ3v) is 6.45. The zero-order valence-electron chi connectivity index (χ0n) is 19.6. The van der Waals surface area contributed by atoms with Crippen LogP contribution in [0.4, 0.5) is 4.79 Å². The van der Waals surface area contributed by atoms with Gasteiger partial charge in [-0.3, -0.25) is 9.59 Å². The normalized spacial score (nSPS) is 24.5. The molecule has 2 aliphatic rings. The number of nitrogens with zero attached hydrogens (tertiary/aromatic N) is 1. The SMILES string of the molecule is CC(C(O)C(=O)NCC1CCCCC1)N(C=O)C1CCC(NC(=O)OC(C)(C)C)CC1. The van der Waals surface area contributed by atoms with Gasteiger partial charge >= 0.3 is 6.09 Å². The van der Waals surface area contributed by atoms with Crippen LogP contribution in [0.25, 0.3) is 0 Å². The lowest BCUT2D eigenvalue weighted by Crippen LogP contribution is -2.54. The van der Waals surface area contributed by atoms with E-state index in [0.717, 1.165) is 19.3 Å². The number of aliphatic hydroxyl groups excluding tert-OH is 1. The Balaban J connectivity index is 1.79. The van der Waals surface area contributed by atoms with Gasteiger partial charge in [-0.2, -0.15) is 0 Å². The standard InChI is InChI=1S/C23H41N3O5/c1-16(20(28)21(29)24-14-17-8-6-5-7-9-17)26(15-27)19-12-10-18(11-13-19)25-22(30)31-23(2,3)4/h15-20,28H,5-14H2,1-4H3,(H,24,29)(H,25,30). The van der Waals surface area contributed by atoms with Crippen molar-refractivity contribution in [2.45, 2.75) is 115 Å². The summed E-state index contributed by atoms with van der Waals surface area (Å²) in [7, 11) is 0. The summed E-state index contributed by atoms with van der Waals surface area (Å²) in [4.78, 5) is 37.8. The number of aliphatic hydroxyl groups is 1. The van der Waals surface area contributed by atoms with Gasteiger partial charge in [0.1, 0.15) is 5.60 Å². The highest BCUT2D eigenvalue weighted by Crippen LogP contribution is 2.26. The molecule has 0 radical (unpaired) electrons. The van der Waals surface area contributed by atoms with E-state index in [4.69, 9.17) is 4.74 Å². The first-order chi connectivity index (χ1) is 14.6. The van der Waals surface area contributed by atoms with Crippen molar-refractivity contribution in [1.29, 1.82) is 0 Å². The van der Waals surface area contributed by atoms with Crippen molar-refractivity contribution in [3.8, 4) is 0 Å². The molecule has 0 aromatic carbocycles. The minimum atomic E-state index is -1.26. The van der Waals surface area contributed by atoms with Crippen molar-refractivity contribution in [2.24, 2.45) is 5.92 Å². The van der Waals surface area contributed by atoms with E-state index in [9.17, 15) is 19.5 Å². The van der Waals surface area contributed by atoms with Crippen molar-refractivity contribution in [3.05, 3.63) is 0 Å². The Morgan fingerprint density at radius 1 is 1.10 bits per heavy atom. The summed E-state index contributed by atoms with van der Waals surface area (Å²) in [6.07, 6.45) is 7.75. The number of rotatable bonds is 8. The highest BCUT2D eigenvalue weighted by Gasteiger charge is 2.34. The van der Waals surface area contributed by atoms with Gasteiger partial charge < -0.3 is 25.4 Å². The molecule has 31 heavy (non-hydrogen) atoms. The summed E-state index contributed by atoms with van der Waals surface area (Å²) >= 11 is 0. The molecule has 8 nitrogen and oxygen atoms in total. The Hall–Kier alpha value is -1.83. The maximum atomic E-state index is 12.5. The molecule has 2 atom stereocenters. The number of hydrogen-bond donors (Lipinski definition) is 3. The number of carbonyl (C=O) groups excluding carboxylic acids is 3. The van der Waals surface area contributed by atoms with E-state index in [1.54, 1.807) is 11.8 Å². The fourth-order valence-corrected chi connectivity index (χ4v) is 4.63. The van der Waals surface area contributed by atoms with Gasteiger partial charge in [0.15, 0.2) is 6.10 Å². The number of hydrogen-bond acceptors (Lipinski definition) is 5. The van der Waals surface area contributed by atoms with E-state index in [-0.39, 0.29) is 12.1 Å². The van der Waals surface area contributed by atoms with Crippen LogP contribution in [-0.2, 0) is 14.3 Å². The van der Waals surface area contributed by atoms with Gasteiger partial charge in [0.2, 0.25) is 6.41 Å². The predicted octanol–water partition coefficient (Wildman–Crippen LogP) is 2.73. The molecule has 2 unspecified atom stereocenters. The summed E-state index contributed by atoms with van der Waals surface area (Å²) in [5.41, 5.74) is -0.543. The van der Waals surface area contributed by atoms with Crippen molar-refractivity contribution >= 4 is 18.4 Å². The summed E-state index contributed by atoms with van der Waals surface area (Å²) in [6.45, 7) is 7.77. The van der Waals surface area contributed by atoms with Crippen LogP contribution in [0.1, 0.15) is 85.5 Å². The lowest BCUT2D eigenvalue weighted by Gasteiger charge is -2.39. The zero-order chi connectivity index (χ0) is 23.0. The smallest absolute Gasteiger partial charge is 0.407 e. The van der Waals surface area contributed by atoms with Gasteiger partial charge in [-0.25, -0.2) is 4.79 Å². The first-order valence-electron chi connectivity index (χ1n) is 11.8. The molecule has 2 rings (SSSR count). The number of nitrogens with one attached hydrogen (secondary N) is 2. The topological polar surface area (TPSA) is 108 Å². The Morgan fingerprint density at radius 3 is 2.26 bits per heavy atom. The fraction of sp³-hybridized carbons (Fsp3) is 0.870. The van der Waals surface area contributed by atoms with Crippen molar-refractivity contribution < 1.29 is 24.2 Å². The molecule has 2 aliphatic carbocycles. The van der Waals surface area contributed by atoms with Crippen LogP contribution in [0, 0.1) is 5.92 Å². The quantitative estimate of drug-likeness (QED) is 0.504. The largest absolute Gasteiger partial charge is 0.444 e. The minimum absolute atomic E-state index is 0.00127. The second kappa shape index (κ2) is 11.7. The second-order valence-corrected chi connectivity index (χ2v) is 10.1. The lowest BCUT2D eigenvalue weighted by molar-refractivity contribution is -0.137. The molecule has 0 aromatic heterocycles. The predicted molar refractivity (Wildman–Crippen MR) is 118 cm³/mol. The molecule has 0 heterocycles. The summed E-state index contributed by atoms with van der Waals surface area (Å²) in [5.74, 6) is 0.0698. The monoisotopic (exact) mass is 439 g/mol. The molecule has 0 saturated heterocycles. The lowest BCUT2D eigenvalue weighted by atomic mass is 9.89. The average molecular weight is 440 g/mol. The maximum Gasteiger partial charge on any atom is 0.407 e. The van der Waals surface area contributed by atoms with E-state index in [1.807, 2.05) is 20.8 Å². The van der Waals surface area contributed by atoms with Crippen LogP contribution >= 0.6 is 0 Å². The van der Waals surface area contributed by atoms with Gasteiger partial charge in [0, 0.05) is 18.6 Å². The van der Waals surface area contributed by atoms with E-state index in [2.05, 4.69) is 10.6 Å². The second-order valence-electron chi connectivity index (χ2n) is 10.1. The Bertz CT molecular complexity index is 593. The summed E-state index contributed by atoms with van der Waals surface area (Å²) < 4.78 is 5.30. The molecule has 0 aromatic rings. The van der Waals surface area contributed by atoms with Crippen LogP contribution in [0.2, 0.25) is 0 Å². The molecular weight excluding hydrogens is 398 g/mol. The fourth-order valence-electron chi connectivity index (χ4n) is 4.63. The van der Waals surface area contributed by atoms with Gasteiger partial charge in [0.05, 0.1) is 6.04 Å². The van der Waals surface area contributed by atoms with Gasteiger partial charge in [-0.1, -0.05) is 19.3 Å². The van der Waals surface area contributed by atoms with Gasteiger partial charge in [0.25, 0.3) is 5.91 Å². The van der Waals surface area contributed by atoms with Gasteiger partial charge in [-0.05, 0) is 72.1 Å². The van der Waals surface area contributed by atoms with E-state index in [0.29, 0.717) is 38.1 Å². The first-order valence-corrected chi connectivity index (χ1v) is 11.8. The number of ether oxygens (including phenoxy) is 1. The van der Waals surface area contributed by atoms with Crippen LogP contribution < -0.4 is 10.6 Å². The third-order valence-electron chi connectivity index (χ3n) is 6.45. The first kappa shape index (κ1) is 25.4. The molecular formula is C23H41N3O5. The molecule has 0 aliphatic heterocycles. The number of carbonyl (C=O) groups is 3. The van der Waals surface area contributed by atoms with Crippen LogP contribution in [0.3, 0.4) is 0 Å². The molecule has 2 fully saturated rings. The highest BCUT2D eigenvalue weighted by molar-refractivity contribution is 5.81. The number of amides is 3. The molecule has 0 bridgehead atoms. The molecule has 2 saturated carbocycles. The van der Waals surface area contributed by atoms with E-state index >= 15 is 0 Å². The van der Waals surface area contributed by atoms with Crippen molar-refractivity contribution in [1.82, 2.24) is 15.5 Å². The van der Waals surface area contributed by atoms with Crippen molar-refractivity contribution in [2.75, 3.05) is 6.54 Å². The maximum absolute atomic E-state index is 12.5. The Labute approximate surface area is 186 Å².